The van der Waals surface area contributed by atoms with Gasteiger partial charge in [0.2, 0.25) is 0 Å². The van der Waals surface area contributed by atoms with Crippen LogP contribution in [0.4, 0.5) is 0 Å². The number of sulfone groups is 1. The Morgan fingerprint density at radius 1 is 1.06 bits per heavy atom. The fourth-order valence-corrected chi connectivity index (χ4v) is 3.33. The van der Waals surface area contributed by atoms with Crippen molar-refractivity contribution in [1.29, 1.82) is 0 Å². The summed E-state index contributed by atoms with van der Waals surface area (Å²) in [6.07, 6.45) is 5.27. The molecule has 0 unspecified atom stereocenters. The molecule has 17 heavy (non-hydrogen) atoms. The van der Waals surface area contributed by atoms with Crippen LogP contribution in [0.25, 0.3) is 0 Å². The summed E-state index contributed by atoms with van der Waals surface area (Å²) in [5.41, 5.74) is 0. The van der Waals surface area contributed by atoms with Gasteiger partial charge in [-0.05, 0) is 25.5 Å². The van der Waals surface area contributed by atoms with Gasteiger partial charge >= 0.3 is 0 Å². The molecule has 0 heterocycles. The van der Waals surface area contributed by atoms with Gasteiger partial charge < -0.3 is 0 Å². The molecule has 1 rings (SSSR count). The maximum Gasteiger partial charge on any atom is 0.180 e. The summed E-state index contributed by atoms with van der Waals surface area (Å²) in [7, 11) is -3.13. The molecule has 0 amide bonds. The van der Waals surface area contributed by atoms with Gasteiger partial charge in [0.05, 0.1) is 10.1 Å². The fraction of sp³-hybridized carbons (Fsp3) is 0.571. The average molecular weight is 254 g/mol. The molecule has 1 aromatic carbocycles. The van der Waals surface area contributed by atoms with Crippen molar-refractivity contribution in [2.24, 2.45) is 0 Å². The van der Waals surface area contributed by atoms with E-state index in [-0.39, 0.29) is 5.25 Å². The van der Waals surface area contributed by atoms with Crippen LogP contribution in [0.1, 0.15) is 46.0 Å². The normalized spacial score (nSPS) is 13.5. The fourth-order valence-electron chi connectivity index (χ4n) is 1.86. The van der Waals surface area contributed by atoms with Crippen LogP contribution in [0.15, 0.2) is 35.2 Å². The molecule has 1 aromatic rings. The lowest BCUT2D eigenvalue weighted by Gasteiger charge is -2.12. The summed E-state index contributed by atoms with van der Waals surface area (Å²) in [5.74, 6) is 0. The van der Waals surface area contributed by atoms with E-state index < -0.39 is 9.84 Å². The first-order chi connectivity index (χ1) is 8.09. The molecule has 0 aliphatic rings. The van der Waals surface area contributed by atoms with Crippen LogP contribution < -0.4 is 0 Å². The smallest absolute Gasteiger partial charge is 0.180 e. The molecule has 0 aromatic heterocycles. The van der Waals surface area contributed by atoms with Gasteiger partial charge in [0.1, 0.15) is 0 Å². The molecule has 0 fully saturated rings. The number of unbranched alkanes of at least 4 members (excludes halogenated alkanes) is 3. The van der Waals surface area contributed by atoms with Crippen molar-refractivity contribution in [3.05, 3.63) is 30.3 Å². The molecule has 0 spiro atoms. The first-order valence-corrected chi connectivity index (χ1v) is 7.92. The van der Waals surface area contributed by atoms with Gasteiger partial charge in [-0.25, -0.2) is 8.42 Å². The van der Waals surface area contributed by atoms with Crippen LogP contribution in [-0.4, -0.2) is 13.7 Å². The Morgan fingerprint density at radius 3 is 2.29 bits per heavy atom. The van der Waals surface area contributed by atoms with Crippen molar-refractivity contribution in [2.75, 3.05) is 0 Å². The molecule has 0 bridgehead atoms. The molecule has 0 radical (unpaired) electrons. The van der Waals surface area contributed by atoms with Gasteiger partial charge in [0, 0.05) is 0 Å². The number of hydrogen-bond donors (Lipinski definition) is 0. The highest BCUT2D eigenvalue weighted by molar-refractivity contribution is 7.92. The SMILES string of the molecule is CCCCCC[C@H](C)S(=O)(=O)c1ccccc1. The third-order valence-corrected chi connectivity index (χ3v) is 5.29. The van der Waals surface area contributed by atoms with Gasteiger partial charge in [-0.2, -0.15) is 0 Å². The Kier molecular flexibility index (Phi) is 5.69. The van der Waals surface area contributed by atoms with Crippen LogP contribution in [-0.2, 0) is 9.84 Å². The Bertz CT molecular complexity index is 409. The summed E-state index contributed by atoms with van der Waals surface area (Å²) in [6, 6.07) is 8.74. The van der Waals surface area contributed by atoms with Crippen LogP contribution >= 0.6 is 0 Å². The monoisotopic (exact) mass is 254 g/mol. The minimum atomic E-state index is -3.13. The first-order valence-electron chi connectivity index (χ1n) is 6.38. The van der Waals surface area contributed by atoms with Gasteiger partial charge in [0.15, 0.2) is 9.84 Å². The molecular weight excluding hydrogens is 232 g/mol. The predicted molar refractivity (Wildman–Crippen MR) is 71.8 cm³/mol. The molecule has 1 atom stereocenters. The minimum absolute atomic E-state index is 0.276. The zero-order chi connectivity index (χ0) is 12.7. The Labute approximate surface area is 105 Å². The third-order valence-electron chi connectivity index (χ3n) is 3.07. The highest BCUT2D eigenvalue weighted by atomic mass is 32.2. The minimum Gasteiger partial charge on any atom is -0.223 e. The molecule has 0 aliphatic heterocycles. The lowest BCUT2D eigenvalue weighted by molar-refractivity contribution is 0.563. The molecule has 2 nitrogen and oxygen atoms in total. The van der Waals surface area contributed by atoms with Crippen LogP contribution in [0.5, 0.6) is 0 Å². The Morgan fingerprint density at radius 2 is 1.71 bits per heavy atom. The zero-order valence-electron chi connectivity index (χ0n) is 10.7. The Hall–Kier alpha value is -0.830. The zero-order valence-corrected chi connectivity index (χ0v) is 11.5. The average Bonchev–Trinajstić information content (AvgIpc) is 2.35. The maximum atomic E-state index is 12.2. The van der Waals surface area contributed by atoms with E-state index >= 15 is 0 Å². The summed E-state index contributed by atoms with van der Waals surface area (Å²) < 4.78 is 24.4. The lowest BCUT2D eigenvalue weighted by Crippen LogP contribution is -2.17. The molecular formula is C14H22O2S. The van der Waals surface area contributed by atoms with E-state index in [9.17, 15) is 8.42 Å². The highest BCUT2D eigenvalue weighted by Gasteiger charge is 2.22. The van der Waals surface area contributed by atoms with Gasteiger partial charge in [0.25, 0.3) is 0 Å². The van der Waals surface area contributed by atoms with Crippen LogP contribution in [0, 0.1) is 0 Å². The number of rotatable bonds is 7. The summed E-state index contributed by atoms with van der Waals surface area (Å²) in [6.45, 7) is 3.97. The molecule has 0 saturated carbocycles. The van der Waals surface area contributed by atoms with Crippen molar-refractivity contribution in [3.63, 3.8) is 0 Å². The quantitative estimate of drug-likeness (QED) is 0.693. The van der Waals surface area contributed by atoms with Crippen LogP contribution in [0.3, 0.4) is 0 Å². The second-order valence-corrected chi connectivity index (χ2v) is 6.88. The van der Waals surface area contributed by atoms with Crippen molar-refractivity contribution < 1.29 is 8.42 Å². The summed E-state index contributed by atoms with van der Waals surface area (Å²) >= 11 is 0. The van der Waals surface area contributed by atoms with Gasteiger partial charge in [-0.15, -0.1) is 0 Å². The van der Waals surface area contributed by atoms with E-state index in [1.165, 1.54) is 12.8 Å². The van der Waals surface area contributed by atoms with E-state index in [1.807, 2.05) is 13.0 Å². The maximum absolute atomic E-state index is 12.2. The van der Waals surface area contributed by atoms with Gasteiger partial charge in [-0.1, -0.05) is 50.8 Å². The summed E-state index contributed by atoms with van der Waals surface area (Å²) in [4.78, 5) is 0.447. The molecule has 0 aliphatic carbocycles. The van der Waals surface area contributed by atoms with E-state index in [0.717, 1.165) is 19.3 Å². The molecule has 0 saturated heterocycles. The number of benzene rings is 1. The Balaban J connectivity index is 2.59. The standard InChI is InChI=1S/C14H22O2S/c1-3-4-5-7-10-13(2)17(15,16)14-11-8-6-9-12-14/h6,8-9,11-13H,3-5,7,10H2,1-2H3/t13-/m0/s1. The second kappa shape index (κ2) is 6.80. The van der Waals surface area contributed by atoms with Crippen molar-refractivity contribution in [1.82, 2.24) is 0 Å². The summed E-state index contributed by atoms with van der Waals surface area (Å²) in [5, 5.41) is -0.276. The first kappa shape index (κ1) is 14.2. The molecule has 0 N–H and O–H groups in total. The largest absolute Gasteiger partial charge is 0.223 e. The third kappa shape index (κ3) is 4.15. The topological polar surface area (TPSA) is 34.1 Å². The number of hydrogen-bond acceptors (Lipinski definition) is 2. The van der Waals surface area contributed by atoms with Crippen LogP contribution in [0.2, 0.25) is 0 Å². The van der Waals surface area contributed by atoms with E-state index in [0.29, 0.717) is 4.90 Å². The highest BCUT2D eigenvalue weighted by Crippen LogP contribution is 2.19. The van der Waals surface area contributed by atoms with Crippen molar-refractivity contribution in [3.8, 4) is 0 Å². The second-order valence-electron chi connectivity index (χ2n) is 4.52. The molecule has 96 valence electrons. The van der Waals surface area contributed by atoms with E-state index in [2.05, 4.69) is 6.92 Å². The lowest BCUT2D eigenvalue weighted by atomic mass is 10.1. The molecule has 3 heteroatoms. The van der Waals surface area contributed by atoms with Crippen molar-refractivity contribution in [2.45, 2.75) is 56.1 Å². The van der Waals surface area contributed by atoms with E-state index in [1.54, 1.807) is 24.3 Å². The van der Waals surface area contributed by atoms with Crippen molar-refractivity contribution >= 4 is 9.84 Å². The van der Waals surface area contributed by atoms with Gasteiger partial charge in [-0.3, -0.25) is 0 Å². The van der Waals surface area contributed by atoms with E-state index in [4.69, 9.17) is 0 Å². The predicted octanol–water partition coefficient (Wildman–Crippen LogP) is 3.82.